The monoisotopic (exact) mass is 298 g/mol. The van der Waals surface area contributed by atoms with E-state index in [0.717, 1.165) is 12.8 Å². The smallest absolute Gasteiger partial charge is 0.274 e. The lowest BCUT2D eigenvalue weighted by molar-refractivity contribution is 0.259. The summed E-state index contributed by atoms with van der Waals surface area (Å²) in [6.45, 7) is 2.53. The minimum atomic E-state index is -3.53. The molecule has 1 aromatic heterocycles. The van der Waals surface area contributed by atoms with Gasteiger partial charge in [-0.25, -0.2) is 13.1 Å². The van der Waals surface area contributed by atoms with E-state index in [-0.39, 0.29) is 11.1 Å². The van der Waals surface area contributed by atoms with E-state index >= 15 is 0 Å². The van der Waals surface area contributed by atoms with E-state index in [1.54, 1.807) is 12.1 Å². The van der Waals surface area contributed by atoms with Crippen molar-refractivity contribution in [2.24, 2.45) is 5.92 Å². The molecule has 0 spiro atoms. The van der Waals surface area contributed by atoms with Crippen LogP contribution in [0.2, 0.25) is 0 Å². The molecule has 1 aromatic rings. The van der Waals surface area contributed by atoms with Gasteiger partial charge in [0.2, 0.25) is 5.09 Å². The highest BCUT2D eigenvalue weighted by Gasteiger charge is 2.29. The Labute approximate surface area is 120 Å². The van der Waals surface area contributed by atoms with Crippen LogP contribution in [-0.2, 0) is 16.6 Å². The number of furan rings is 1. The van der Waals surface area contributed by atoms with Crippen LogP contribution in [0, 0.1) is 5.92 Å². The van der Waals surface area contributed by atoms with E-state index in [1.165, 1.54) is 19.3 Å². The molecule has 3 rings (SSSR count). The van der Waals surface area contributed by atoms with Crippen LogP contribution in [0.25, 0.3) is 0 Å². The number of rotatable bonds is 7. The van der Waals surface area contributed by atoms with Crippen LogP contribution in [0.3, 0.4) is 0 Å². The average molecular weight is 298 g/mol. The molecule has 2 aliphatic carbocycles. The summed E-state index contributed by atoms with van der Waals surface area (Å²) in [6.07, 6.45) is 5.82. The van der Waals surface area contributed by atoms with Crippen molar-refractivity contribution in [2.45, 2.75) is 62.7 Å². The summed E-state index contributed by atoms with van der Waals surface area (Å²) in [5, 5.41) is 3.33. The zero-order valence-corrected chi connectivity index (χ0v) is 12.6. The van der Waals surface area contributed by atoms with Gasteiger partial charge in [0.1, 0.15) is 5.76 Å². The van der Waals surface area contributed by atoms with Crippen molar-refractivity contribution >= 4 is 10.0 Å². The number of hydrogen-bond donors (Lipinski definition) is 2. The van der Waals surface area contributed by atoms with Crippen molar-refractivity contribution in [3.8, 4) is 0 Å². The van der Waals surface area contributed by atoms with Gasteiger partial charge in [-0.2, -0.15) is 0 Å². The number of nitrogens with one attached hydrogen (secondary N) is 2. The largest absolute Gasteiger partial charge is 0.447 e. The molecule has 112 valence electrons. The normalized spacial score (nSPS) is 21.6. The van der Waals surface area contributed by atoms with Crippen LogP contribution < -0.4 is 10.0 Å². The minimum Gasteiger partial charge on any atom is -0.447 e. The van der Waals surface area contributed by atoms with Crippen molar-refractivity contribution in [1.82, 2.24) is 10.0 Å². The van der Waals surface area contributed by atoms with E-state index < -0.39 is 10.0 Å². The van der Waals surface area contributed by atoms with Crippen LogP contribution >= 0.6 is 0 Å². The Morgan fingerprint density at radius 2 is 2.05 bits per heavy atom. The first-order chi connectivity index (χ1) is 9.54. The zero-order valence-electron chi connectivity index (χ0n) is 11.8. The van der Waals surface area contributed by atoms with Crippen molar-refractivity contribution in [3.63, 3.8) is 0 Å². The SMILES string of the molecule is CC(NS(=O)(=O)c1ccc(CNC2CC2)o1)C1CCC1. The Bertz CT molecular complexity index is 559. The Balaban J connectivity index is 1.60. The minimum absolute atomic E-state index is 0.0214. The fraction of sp³-hybridized carbons (Fsp3) is 0.714. The quantitative estimate of drug-likeness (QED) is 0.807. The first kappa shape index (κ1) is 14.1. The van der Waals surface area contributed by atoms with Crippen LogP contribution in [0.4, 0.5) is 0 Å². The maximum Gasteiger partial charge on any atom is 0.274 e. The molecule has 5 nitrogen and oxygen atoms in total. The average Bonchev–Trinajstić information content (AvgIpc) is 2.99. The van der Waals surface area contributed by atoms with E-state index in [0.29, 0.717) is 24.3 Å². The molecule has 0 aromatic carbocycles. The van der Waals surface area contributed by atoms with E-state index in [9.17, 15) is 8.42 Å². The number of hydrogen-bond acceptors (Lipinski definition) is 4. The molecular formula is C14H22N2O3S. The van der Waals surface area contributed by atoms with Crippen LogP contribution in [0.15, 0.2) is 21.6 Å². The molecule has 0 aliphatic heterocycles. The maximum atomic E-state index is 12.2. The molecule has 20 heavy (non-hydrogen) atoms. The molecule has 1 heterocycles. The lowest BCUT2D eigenvalue weighted by Crippen LogP contribution is -2.40. The van der Waals surface area contributed by atoms with Gasteiger partial charge in [0.15, 0.2) is 0 Å². The van der Waals surface area contributed by atoms with Gasteiger partial charge >= 0.3 is 0 Å². The summed E-state index contributed by atoms with van der Waals surface area (Å²) in [4.78, 5) is 0. The number of sulfonamides is 1. The summed E-state index contributed by atoms with van der Waals surface area (Å²) in [6, 6.07) is 3.83. The molecule has 1 atom stereocenters. The highest BCUT2D eigenvalue weighted by Crippen LogP contribution is 2.30. The fourth-order valence-electron chi connectivity index (χ4n) is 2.47. The van der Waals surface area contributed by atoms with Gasteiger partial charge in [0.05, 0.1) is 6.54 Å². The molecule has 1 unspecified atom stereocenters. The van der Waals surface area contributed by atoms with Gasteiger partial charge in [-0.1, -0.05) is 6.42 Å². The van der Waals surface area contributed by atoms with Gasteiger partial charge in [0.25, 0.3) is 10.0 Å². The second-order valence-corrected chi connectivity index (χ2v) is 7.62. The first-order valence-corrected chi connectivity index (χ1v) is 8.87. The van der Waals surface area contributed by atoms with E-state index in [4.69, 9.17) is 4.42 Å². The molecule has 0 bridgehead atoms. The summed E-state index contributed by atoms with van der Waals surface area (Å²) in [5.74, 6) is 1.14. The maximum absolute atomic E-state index is 12.2. The third-order valence-electron chi connectivity index (χ3n) is 4.24. The van der Waals surface area contributed by atoms with Crippen LogP contribution in [0.5, 0.6) is 0 Å². The zero-order chi connectivity index (χ0) is 14.2. The summed E-state index contributed by atoms with van der Waals surface area (Å²) in [5.41, 5.74) is 0. The van der Waals surface area contributed by atoms with Crippen molar-refractivity contribution in [3.05, 3.63) is 17.9 Å². The summed E-state index contributed by atoms with van der Waals surface area (Å²) < 4.78 is 32.6. The Hall–Kier alpha value is -0.850. The topological polar surface area (TPSA) is 71.3 Å². The molecule has 2 fully saturated rings. The second-order valence-electron chi connectivity index (χ2n) is 5.98. The predicted octanol–water partition coefficient (Wildman–Crippen LogP) is 2.00. The molecule has 6 heteroatoms. The van der Waals surface area contributed by atoms with Gasteiger partial charge in [-0.3, -0.25) is 0 Å². The van der Waals surface area contributed by atoms with Crippen molar-refractivity contribution in [1.29, 1.82) is 0 Å². The van der Waals surface area contributed by atoms with Gasteiger partial charge in [0, 0.05) is 12.1 Å². The molecule has 0 radical (unpaired) electrons. The standard InChI is InChI=1S/C14H22N2O3S/c1-10(11-3-2-4-11)16-20(17,18)14-8-7-13(19-14)9-15-12-5-6-12/h7-8,10-12,15-16H,2-6,9H2,1H3. The Morgan fingerprint density at radius 3 is 2.65 bits per heavy atom. The van der Waals surface area contributed by atoms with Gasteiger partial charge in [-0.15, -0.1) is 0 Å². The Morgan fingerprint density at radius 1 is 1.30 bits per heavy atom. The predicted molar refractivity (Wildman–Crippen MR) is 75.7 cm³/mol. The first-order valence-electron chi connectivity index (χ1n) is 7.39. The van der Waals surface area contributed by atoms with Gasteiger partial charge < -0.3 is 9.73 Å². The van der Waals surface area contributed by atoms with Gasteiger partial charge in [-0.05, 0) is 50.7 Å². The van der Waals surface area contributed by atoms with E-state index in [2.05, 4.69) is 10.0 Å². The lowest BCUT2D eigenvalue weighted by atomic mass is 9.81. The lowest BCUT2D eigenvalue weighted by Gasteiger charge is -2.31. The second kappa shape index (κ2) is 5.50. The van der Waals surface area contributed by atoms with Crippen molar-refractivity contribution in [2.75, 3.05) is 0 Å². The molecule has 2 aliphatic rings. The van der Waals surface area contributed by atoms with Crippen LogP contribution in [0.1, 0.15) is 44.8 Å². The molecule has 2 N–H and O–H groups in total. The molecular weight excluding hydrogens is 276 g/mol. The third-order valence-corrected chi connectivity index (χ3v) is 5.67. The molecule has 0 amide bonds. The summed E-state index contributed by atoms with van der Waals surface area (Å²) in [7, 11) is -3.53. The summed E-state index contributed by atoms with van der Waals surface area (Å²) >= 11 is 0. The van der Waals surface area contributed by atoms with E-state index in [1.807, 2.05) is 6.92 Å². The highest BCUT2D eigenvalue weighted by atomic mass is 32.2. The van der Waals surface area contributed by atoms with Crippen molar-refractivity contribution < 1.29 is 12.8 Å². The molecule has 2 saturated carbocycles. The molecule has 0 saturated heterocycles. The van der Waals surface area contributed by atoms with Crippen LogP contribution in [-0.4, -0.2) is 20.5 Å². The third kappa shape index (κ3) is 3.24. The highest BCUT2D eigenvalue weighted by molar-refractivity contribution is 7.89. The Kier molecular flexibility index (Phi) is 3.88. The fourth-order valence-corrected chi connectivity index (χ4v) is 3.73.